The molecule has 1 fully saturated rings. The molecule has 0 amide bonds. The number of hydrogen-bond acceptors (Lipinski definition) is 4. The van der Waals surface area contributed by atoms with Crippen LogP contribution in [0.5, 0.6) is 5.75 Å². The van der Waals surface area contributed by atoms with Gasteiger partial charge >= 0.3 is 6.18 Å². The molecule has 1 aliphatic rings. The monoisotopic (exact) mass is 468 g/mol. The highest BCUT2D eigenvalue weighted by Crippen LogP contribution is 2.35. The zero-order valence-electron chi connectivity index (χ0n) is 18.5. The third-order valence-electron chi connectivity index (χ3n) is 6.01. The van der Waals surface area contributed by atoms with Crippen LogP contribution in [0.4, 0.5) is 18.9 Å². The molecule has 1 aliphatic heterocycles. The Morgan fingerprint density at radius 1 is 1.09 bits per heavy atom. The topological polar surface area (TPSA) is 32.8 Å². The van der Waals surface area contributed by atoms with Gasteiger partial charge in [-0.15, -0.1) is 0 Å². The predicted octanol–water partition coefficient (Wildman–Crippen LogP) is 5.03. The zero-order chi connectivity index (χ0) is 23.5. The second-order valence-electron chi connectivity index (χ2n) is 8.35. The van der Waals surface area contributed by atoms with Crippen LogP contribution in [0.3, 0.4) is 0 Å². The van der Waals surface area contributed by atoms with Crippen molar-refractivity contribution in [2.75, 3.05) is 45.2 Å². The van der Waals surface area contributed by atoms with Crippen LogP contribution < -0.4 is 9.64 Å². The molecule has 1 saturated heterocycles. The fourth-order valence-electron chi connectivity index (χ4n) is 4.03. The van der Waals surface area contributed by atoms with Crippen molar-refractivity contribution in [3.63, 3.8) is 0 Å². The first-order chi connectivity index (χ1) is 15.1. The number of halogens is 4. The fourth-order valence-corrected chi connectivity index (χ4v) is 4.23. The predicted molar refractivity (Wildman–Crippen MR) is 121 cm³/mol. The number of piperazine rings is 1. The highest BCUT2D eigenvalue weighted by atomic mass is 35.5. The van der Waals surface area contributed by atoms with Crippen molar-refractivity contribution in [2.45, 2.75) is 25.9 Å². The first-order valence-electron chi connectivity index (χ1n) is 10.5. The van der Waals surface area contributed by atoms with Gasteiger partial charge in [0.15, 0.2) is 0 Å². The van der Waals surface area contributed by atoms with E-state index in [-0.39, 0.29) is 11.4 Å². The van der Waals surface area contributed by atoms with E-state index in [4.69, 9.17) is 16.3 Å². The van der Waals surface area contributed by atoms with Gasteiger partial charge in [-0.25, -0.2) is 0 Å². The Balaban J connectivity index is 1.85. The van der Waals surface area contributed by atoms with Gasteiger partial charge in [0.1, 0.15) is 12.0 Å². The number of carbonyl (C=O) groups is 1. The van der Waals surface area contributed by atoms with Gasteiger partial charge in [0.05, 0.1) is 18.4 Å². The van der Waals surface area contributed by atoms with Crippen LogP contribution in [-0.4, -0.2) is 51.5 Å². The molecule has 8 heteroatoms. The standard InChI is InChI=1S/C24H28ClF3N2O2/c1-16-10-23(32-3)22(30-8-6-29(2)7-9-30)14-18(16)11-17(15-31)12-19-13-20(24(26,27)28)4-5-21(19)25/h4-5,10,13-15,17H,6-9,11-12H2,1-3H3. The van der Waals surface area contributed by atoms with Gasteiger partial charge < -0.3 is 19.3 Å². The first-order valence-corrected chi connectivity index (χ1v) is 10.9. The molecule has 0 radical (unpaired) electrons. The van der Waals surface area contributed by atoms with Crippen LogP contribution in [0.25, 0.3) is 0 Å². The number of anilines is 1. The maximum Gasteiger partial charge on any atom is 0.416 e. The molecule has 0 N–H and O–H groups in total. The Morgan fingerprint density at radius 2 is 1.75 bits per heavy atom. The molecule has 1 unspecified atom stereocenters. The molecule has 0 saturated carbocycles. The van der Waals surface area contributed by atoms with Crippen molar-refractivity contribution in [1.29, 1.82) is 0 Å². The lowest BCUT2D eigenvalue weighted by molar-refractivity contribution is -0.137. The van der Waals surface area contributed by atoms with Crippen molar-refractivity contribution < 1.29 is 22.7 Å². The van der Waals surface area contributed by atoms with E-state index in [2.05, 4.69) is 16.8 Å². The summed E-state index contributed by atoms with van der Waals surface area (Å²) in [5.41, 5.74) is 2.48. The van der Waals surface area contributed by atoms with Crippen LogP contribution >= 0.6 is 11.6 Å². The molecule has 0 aliphatic carbocycles. The third kappa shape index (κ3) is 5.75. The SMILES string of the molecule is COc1cc(C)c(CC(C=O)Cc2cc(C(F)(F)F)ccc2Cl)cc1N1CCN(C)CC1. The van der Waals surface area contributed by atoms with Crippen molar-refractivity contribution in [3.8, 4) is 5.75 Å². The summed E-state index contributed by atoms with van der Waals surface area (Å²) in [6, 6.07) is 7.24. The minimum atomic E-state index is -4.46. The number of ether oxygens (including phenoxy) is 1. The number of hydrogen-bond donors (Lipinski definition) is 0. The zero-order valence-corrected chi connectivity index (χ0v) is 19.3. The van der Waals surface area contributed by atoms with E-state index in [1.165, 1.54) is 6.07 Å². The van der Waals surface area contributed by atoms with Crippen molar-refractivity contribution in [2.24, 2.45) is 5.92 Å². The van der Waals surface area contributed by atoms with E-state index in [9.17, 15) is 18.0 Å². The van der Waals surface area contributed by atoms with Gasteiger partial charge in [0.2, 0.25) is 0 Å². The van der Waals surface area contributed by atoms with Gasteiger partial charge in [-0.3, -0.25) is 0 Å². The second-order valence-corrected chi connectivity index (χ2v) is 8.76. The molecule has 1 heterocycles. The Labute approximate surface area is 191 Å². The molecule has 174 valence electrons. The van der Waals surface area contributed by atoms with Gasteiger partial charge in [0, 0.05) is 37.1 Å². The molecular weight excluding hydrogens is 441 g/mol. The van der Waals surface area contributed by atoms with Crippen molar-refractivity contribution in [3.05, 3.63) is 57.6 Å². The molecule has 0 aromatic heterocycles. The smallest absolute Gasteiger partial charge is 0.416 e. The summed E-state index contributed by atoms with van der Waals surface area (Å²) in [7, 11) is 3.72. The van der Waals surface area contributed by atoms with Gasteiger partial charge in [-0.2, -0.15) is 13.2 Å². The van der Waals surface area contributed by atoms with E-state index in [1.54, 1.807) is 7.11 Å². The highest BCUT2D eigenvalue weighted by molar-refractivity contribution is 6.31. The molecule has 0 bridgehead atoms. The largest absolute Gasteiger partial charge is 0.495 e. The Bertz CT molecular complexity index is 957. The number of methoxy groups -OCH3 is 1. The average Bonchev–Trinajstić information content (AvgIpc) is 2.75. The Hall–Kier alpha value is -2.25. The summed E-state index contributed by atoms with van der Waals surface area (Å²) >= 11 is 6.15. The number of rotatable bonds is 7. The highest BCUT2D eigenvalue weighted by Gasteiger charge is 2.31. The Morgan fingerprint density at radius 3 is 2.34 bits per heavy atom. The molecule has 2 aromatic rings. The lowest BCUT2D eigenvalue weighted by Crippen LogP contribution is -2.44. The molecule has 2 aromatic carbocycles. The second kappa shape index (κ2) is 10.1. The number of aryl methyl sites for hydroxylation is 1. The molecular formula is C24H28ClF3N2O2. The summed E-state index contributed by atoms with van der Waals surface area (Å²) < 4.78 is 44.9. The lowest BCUT2D eigenvalue weighted by Gasteiger charge is -2.35. The number of likely N-dealkylation sites (N-methyl/N-ethyl adjacent to an activating group) is 1. The first kappa shape index (κ1) is 24.4. The molecule has 32 heavy (non-hydrogen) atoms. The molecule has 3 rings (SSSR count). The van der Waals surface area contributed by atoms with Crippen LogP contribution in [0.15, 0.2) is 30.3 Å². The van der Waals surface area contributed by atoms with Gasteiger partial charge in [-0.05, 0) is 73.8 Å². The van der Waals surface area contributed by atoms with E-state index < -0.39 is 17.7 Å². The number of aldehydes is 1. The summed E-state index contributed by atoms with van der Waals surface area (Å²) in [6.45, 7) is 5.57. The summed E-state index contributed by atoms with van der Waals surface area (Å²) in [5, 5.41) is 0.231. The summed E-state index contributed by atoms with van der Waals surface area (Å²) in [6.07, 6.45) is -3.11. The van der Waals surface area contributed by atoms with Gasteiger partial charge in [0.25, 0.3) is 0 Å². The quantitative estimate of drug-likeness (QED) is 0.534. The minimum absolute atomic E-state index is 0.140. The van der Waals surface area contributed by atoms with Crippen LogP contribution in [0.2, 0.25) is 5.02 Å². The number of alkyl halides is 3. The summed E-state index contributed by atoms with van der Waals surface area (Å²) in [4.78, 5) is 16.4. The van der Waals surface area contributed by atoms with E-state index >= 15 is 0 Å². The fraction of sp³-hybridized carbons (Fsp3) is 0.458. The van der Waals surface area contributed by atoms with E-state index in [0.29, 0.717) is 12.0 Å². The van der Waals surface area contributed by atoms with E-state index in [0.717, 1.165) is 67.2 Å². The van der Waals surface area contributed by atoms with Crippen LogP contribution in [0.1, 0.15) is 22.3 Å². The van der Waals surface area contributed by atoms with Crippen LogP contribution in [-0.2, 0) is 23.8 Å². The van der Waals surface area contributed by atoms with Crippen molar-refractivity contribution in [1.82, 2.24) is 4.90 Å². The van der Waals surface area contributed by atoms with E-state index in [1.807, 2.05) is 19.1 Å². The molecule has 4 nitrogen and oxygen atoms in total. The normalized spacial score (nSPS) is 16.2. The Kier molecular flexibility index (Phi) is 7.72. The average molecular weight is 469 g/mol. The molecule has 0 spiro atoms. The lowest BCUT2D eigenvalue weighted by atomic mass is 9.90. The number of nitrogens with zero attached hydrogens (tertiary/aromatic N) is 2. The molecule has 1 atom stereocenters. The third-order valence-corrected chi connectivity index (χ3v) is 6.38. The van der Waals surface area contributed by atoms with Crippen molar-refractivity contribution >= 4 is 23.6 Å². The number of carbonyl (C=O) groups excluding carboxylic acids is 1. The van der Waals surface area contributed by atoms with Gasteiger partial charge in [-0.1, -0.05) is 11.6 Å². The van der Waals surface area contributed by atoms with Crippen LogP contribution in [0, 0.1) is 12.8 Å². The minimum Gasteiger partial charge on any atom is -0.495 e. The maximum absolute atomic E-state index is 13.1. The number of benzene rings is 2. The maximum atomic E-state index is 13.1. The summed E-state index contributed by atoms with van der Waals surface area (Å²) in [5.74, 6) is 0.280.